The second kappa shape index (κ2) is 12.4. The third kappa shape index (κ3) is 6.09. The fraction of sp³-hybridized carbons (Fsp3) is 0.286. The van der Waals surface area contributed by atoms with E-state index in [9.17, 15) is 4.79 Å². The standard InChI is InChI=1S/C28H30ClN3O5/c1-34-24-17-19(18-25(35-2)27(24)36-3)28(33)30-14-8-13-26-31-21-10-5-6-11-22(21)32(26)15-16-37-23-12-7-4-9-20(23)29/h4-7,9-12,17-18H,8,13-16H2,1-3H3,(H,30,33). The van der Waals surface area contributed by atoms with Crippen LogP contribution in [0.2, 0.25) is 5.02 Å². The third-order valence-corrected chi connectivity index (χ3v) is 6.24. The van der Waals surface area contributed by atoms with Gasteiger partial charge in [0.05, 0.1) is 43.9 Å². The maximum absolute atomic E-state index is 12.8. The summed E-state index contributed by atoms with van der Waals surface area (Å²) in [7, 11) is 4.56. The number of carbonyl (C=O) groups excluding carboxylic acids is 1. The first-order valence-corrected chi connectivity index (χ1v) is 12.3. The first-order chi connectivity index (χ1) is 18.0. The summed E-state index contributed by atoms with van der Waals surface area (Å²) in [5.74, 6) is 2.68. The Morgan fingerprint density at radius 1 is 0.946 bits per heavy atom. The summed E-state index contributed by atoms with van der Waals surface area (Å²) < 4.78 is 24.1. The van der Waals surface area contributed by atoms with E-state index in [0.29, 0.717) is 66.1 Å². The molecule has 0 saturated carbocycles. The lowest BCUT2D eigenvalue weighted by Crippen LogP contribution is -2.25. The summed E-state index contributed by atoms with van der Waals surface area (Å²) in [5, 5.41) is 3.55. The monoisotopic (exact) mass is 523 g/mol. The highest BCUT2D eigenvalue weighted by Crippen LogP contribution is 2.38. The zero-order chi connectivity index (χ0) is 26.2. The van der Waals surface area contributed by atoms with Crippen molar-refractivity contribution in [1.82, 2.24) is 14.9 Å². The van der Waals surface area contributed by atoms with Crippen LogP contribution in [-0.4, -0.2) is 49.9 Å². The van der Waals surface area contributed by atoms with Crippen LogP contribution < -0.4 is 24.3 Å². The molecule has 8 nitrogen and oxygen atoms in total. The number of aryl methyl sites for hydroxylation is 1. The minimum absolute atomic E-state index is 0.221. The SMILES string of the molecule is COc1cc(C(=O)NCCCc2nc3ccccc3n2CCOc2ccccc2Cl)cc(OC)c1OC. The van der Waals surface area contributed by atoms with Crippen molar-refractivity contribution in [1.29, 1.82) is 0 Å². The van der Waals surface area contributed by atoms with Gasteiger partial charge in [0.2, 0.25) is 5.75 Å². The minimum Gasteiger partial charge on any atom is -0.493 e. The molecule has 0 atom stereocenters. The number of ether oxygens (including phenoxy) is 4. The number of nitrogens with zero attached hydrogens (tertiary/aromatic N) is 2. The number of hydrogen-bond acceptors (Lipinski definition) is 6. The van der Waals surface area contributed by atoms with Crippen molar-refractivity contribution in [2.45, 2.75) is 19.4 Å². The Morgan fingerprint density at radius 2 is 1.65 bits per heavy atom. The van der Waals surface area contributed by atoms with Crippen LogP contribution in [0, 0.1) is 0 Å². The predicted octanol–water partition coefficient (Wildman–Crippen LogP) is 5.16. The van der Waals surface area contributed by atoms with Crippen LogP contribution in [0.4, 0.5) is 0 Å². The Balaban J connectivity index is 1.39. The van der Waals surface area contributed by atoms with Gasteiger partial charge >= 0.3 is 0 Å². The van der Waals surface area contributed by atoms with Crippen LogP contribution >= 0.6 is 11.6 Å². The summed E-state index contributed by atoms with van der Waals surface area (Å²) in [4.78, 5) is 17.6. The third-order valence-electron chi connectivity index (χ3n) is 5.93. The lowest BCUT2D eigenvalue weighted by atomic mass is 10.1. The number of fused-ring (bicyclic) bond motifs is 1. The smallest absolute Gasteiger partial charge is 0.251 e. The number of para-hydroxylation sites is 3. The van der Waals surface area contributed by atoms with Gasteiger partial charge in [-0.2, -0.15) is 0 Å². The van der Waals surface area contributed by atoms with E-state index < -0.39 is 0 Å². The maximum Gasteiger partial charge on any atom is 0.251 e. The van der Waals surface area contributed by atoms with E-state index in [1.807, 2.05) is 42.5 Å². The van der Waals surface area contributed by atoms with Gasteiger partial charge in [0.25, 0.3) is 5.91 Å². The van der Waals surface area contributed by atoms with E-state index >= 15 is 0 Å². The largest absolute Gasteiger partial charge is 0.493 e. The molecule has 1 amide bonds. The van der Waals surface area contributed by atoms with Crippen LogP contribution in [0.25, 0.3) is 11.0 Å². The molecular weight excluding hydrogens is 494 g/mol. The van der Waals surface area contributed by atoms with Crippen LogP contribution in [0.3, 0.4) is 0 Å². The van der Waals surface area contributed by atoms with Crippen molar-refractivity contribution >= 4 is 28.5 Å². The van der Waals surface area contributed by atoms with Gasteiger partial charge in [0, 0.05) is 18.5 Å². The summed E-state index contributed by atoms with van der Waals surface area (Å²) >= 11 is 6.22. The molecular formula is C28H30ClN3O5. The lowest BCUT2D eigenvalue weighted by Gasteiger charge is -2.14. The van der Waals surface area contributed by atoms with E-state index in [-0.39, 0.29) is 5.91 Å². The lowest BCUT2D eigenvalue weighted by molar-refractivity contribution is 0.0952. The molecule has 1 heterocycles. The molecule has 37 heavy (non-hydrogen) atoms. The van der Waals surface area contributed by atoms with Gasteiger partial charge in [-0.1, -0.05) is 35.9 Å². The number of carbonyl (C=O) groups is 1. The molecule has 0 bridgehead atoms. The highest BCUT2D eigenvalue weighted by molar-refractivity contribution is 6.32. The first kappa shape index (κ1) is 26.2. The topological polar surface area (TPSA) is 83.8 Å². The van der Waals surface area contributed by atoms with Crippen LogP contribution in [-0.2, 0) is 13.0 Å². The summed E-state index contributed by atoms with van der Waals surface area (Å²) in [6.07, 6.45) is 1.40. The Bertz CT molecular complexity index is 1350. The maximum atomic E-state index is 12.8. The van der Waals surface area contributed by atoms with E-state index in [2.05, 4.69) is 9.88 Å². The Hall–Kier alpha value is -3.91. The summed E-state index contributed by atoms with van der Waals surface area (Å²) in [6.45, 7) is 1.56. The molecule has 0 saturated heterocycles. The second-order valence-electron chi connectivity index (χ2n) is 8.22. The highest BCUT2D eigenvalue weighted by atomic mass is 35.5. The fourth-order valence-electron chi connectivity index (χ4n) is 4.14. The van der Waals surface area contributed by atoms with Gasteiger partial charge in [-0.15, -0.1) is 0 Å². The van der Waals surface area contributed by atoms with Gasteiger partial charge in [-0.3, -0.25) is 4.79 Å². The van der Waals surface area contributed by atoms with E-state index in [1.165, 1.54) is 21.3 Å². The van der Waals surface area contributed by atoms with Gasteiger partial charge < -0.3 is 28.8 Å². The zero-order valence-corrected chi connectivity index (χ0v) is 21.9. The molecule has 1 N–H and O–H groups in total. The number of aromatic nitrogens is 2. The number of amides is 1. The second-order valence-corrected chi connectivity index (χ2v) is 8.63. The molecule has 194 valence electrons. The normalized spacial score (nSPS) is 10.8. The zero-order valence-electron chi connectivity index (χ0n) is 21.1. The highest BCUT2D eigenvalue weighted by Gasteiger charge is 2.17. The molecule has 0 spiro atoms. The molecule has 1 aromatic heterocycles. The Kier molecular flexibility index (Phi) is 8.74. The van der Waals surface area contributed by atoms with Gasteiger partial charge in [-0.25, -0.2) is 4.98 Å². The van der Waals surface area contributed by atoms with Gasteiger partial charge in [-0.05, 0) is 42.8 Å². The van der Waals surface area contributed by atoms with Crippen LogP contribution in [0.1, 0.15) is 22.6 Å². The number of imidazole rings is 1. The summed E-state index contributed by atoms with van der Waals surface area (Å²) in [6, 6.07) is 18.7. The quantitative estimate of drug-likeness (QED) is 0.258. The predicted molar refractivity (Wildman–Crippen MR) is 143 cm³/mol. The van der Waals surface area contributed by atoms with Gasteiger partial charge in [0.1, 0.15) is 18.2 Å². The van der Waals surface area contributed by atoms with Crippen LogP contribution in [0.5, 0.6) is 23.0 Å². The number of rotatable bonds is 12. The van der Waals surface area contributed by atoms with Crippen molar-refractivity contribution < 1.29 is 23.7 Å². The average molecular weight is 524 g/mol. The van der Waals surface area contributed by atoms with Crippen molar-refractivity contribution in [3.05, 3.63) is 77.1 Å². The number of nitrogens with one attached hydrogen (secondary N) is 1. The molecule has 4 aromatic rings. The van der Waals surface area contributed by atoms with E-state index in [4.69, 9.17) is 35.5 Å². The van der Waals surface area contributed by atoms with Crippen molar-refractivity contribution in [2.75, 3.05) is 34.5 Å². The molecule has 0 aliphatic rings. The molecule has 0 aliphatic heterocycles. The van der Waals surface area contributed by atoms with Crippen LogP contribution in [0.15, 0.2) is 60.7 Å². The Labute approximate surface area is 221 Å². The fourth-order valence-corrected chi connectivity index (χ4v) is 4.33. The molecule has 9 heteroatoms. The molecule has 0 fully saturated rings. The number of methoxy groups -OCH3 is 3. The molecule has 0 aliphatic carbocycles. The van der Waals surface area contributed by atoms with E-state index in [0.717, 1.165) is 16.9 Å². The molecule has 0 radical (unpaired) electrons. The number of halogens is 1. The summed E-state index contributed by atoms with van der Waals surface area (Å²) in [5.41, 5.74) is 2.40. The minimum atomic E-state index is -0.221. The number of benzene rings is 3. The number of hydrogen-bond donors (Lipinski definition) is 1. The average Bonchev–Trinajstić information content (AvgIpc) is 3.28. The van der Waals surface area contributed by atoms with Gasteiger partial charge in [0.15, 0.2) is 11.5 Å². The van der Waals surface area contributed by atoms with Crippen molar-refractivity contribution in [3.8, 4) is 23.0 Å². The van der Waals surface area contributed by atoms with Crippen molar-refractivity contribution in [2.24, 2.45) is 0 Å². The van der Waals surface area contributed by atoms with Crippen molar-refractivity contribution in [3.63, 3.8) is 0 Å². The Morgan fingerprint density at radius 3 is 2.35 bits per heavy atom. The van der Waals surface area contributed by atoms with E-state index in [1.54, 1.807) is 18.2 Å². The first-order valence-electron chi connectivity index (χ1n) is 12.0. The molecule has 0 unspecified atom stereocenters. The molecule has 3 aromatic carbocycles. The molecule has 4 rings (SSSR count).